The summed E-state index contributed by atoms with van der Waals surface area (Å²) in [6.07, 6.45) is 1.70. The number of ether oxygens (including phenoxy) is 2. The summed E-state index contributed by atoms with van der Waals surface area (Å²) in [7, 11) is 1.49. The molecule has 4 rings (SSSR count). The smallest absolute Gasteiger partial charge is 0.270 e. The molecule has 1 heterocycles. The fourth-order valence-corrected chi connectivity index (χ4v) is 5.29. The van der Waals surface area contributed by atoms with E-state index in [0.717, 1.165) is 4.47 Å². The minimum absolute atomic E-state index is 0.244. The van der Waals surface area contributed by atoms with Crippen molar-refractivity contribution in [2.45, 2.75) is 0 Å². The van der Waals surface area contributed by atoms with Crippen LogP contribution in [-0.2, 0) is 9.59 Å². The number of hydrogen-bond acceptors (Lipinski definition) is 6. The zero-order valence-electron chi connectivity index (χ0n) is 18.9. The zero-order chi connectivity index (χ0) is 26.7. The highest BCUT2D eigenvalue weighted by atomic mass is 79.9. The van der Waals surface area contributed by atoms with Gasteiger partial charge in [-0.25, -0.2) is 0 Å². The highest BCUT2D eigenvalue weighted by Gasteiger charge is 2.33. The van der Waals surface area contributed by atoms with Crippen LogP contribution in [0.4, 0.5) is 11.4 Å². The molecular formula is C25H16BrCl3N2O4S2. The number of nitrogens with zero attached hydrogens (tertiary/aromatic N) is 1. The maximum atomic E-state index is 13.1. The third kappa shape index (κ3) is 6.60. The fourth-order valence-electron chi connectivity index (χ4n) is 3.27. The minimum atomic E-state index is -0.365. The number of amides is 2. The predicted molar refractivity (Wildman–Crippen MR) is 158 cm³/mol. The summed E-state index contributed by atoms with van der Waals surface area (Å²) in [4.78, 5) is 27.2. The molecule has 190 valence electrons. The first-order valence-corrected chi connectivity index (χ1v) is 13.6. The first kappa shape index (κ1) is 27.8. The maximum absolute atomic E-state index is 13.1. The second-order valence-electron chi connectivity index (χ2n) is 7.49. The summed E-state index contributed by atoms with van der Waals surface area (Å²) in [5.74, 6) is 0.119. The van der Waals surface area contributed by atoms with Gasteiger partial charge in [-0.2, -0.15) is 0 Å². The molecule has 12 heteroatoms. The van der Waals surface area contributed by atoms with Crippen molar-refractivity contribution in [1.82, 2.24) is 0 Å². The number of carbonyl (C=O) groups is 2. The molecule has 0 bridgehead atoms. The summed E-state index contributed by atoms with van der Waals surface area (Å²) in [6, 6.07) is 15.1. The van der Waals surface area contributed by atoms with Gasteiger partial charge in [-0.3, -0.25) is 14.5 Å². The van der Waals surface area contributed by atoms with Crippen LogP contribution in [0.25, 0.3) is 6.08 Å². The number of anilines is 2. The number of thioether (sulfide) groups is 1. The molecule has 1 fully saturated rings. The lowest BCUT2D eigenvalue weighted by Gasteiger charge is -2.15. The number of thiocarbonyl (C=S) groups is 1. The van der Waals surface area contributed by atoms with Gasteiger partial charge in [0.15, 0.2) is 22.4 Å². The van der Waals surface area contributed by atoms with Crippen LogP contribution in [0.15, 0.2) is 64.0 Å². The molecule has 1 aliphatic heterocycles. The van der Waals surface area contributed by atoms with E-state index in [4.69, 9.17) is 56.5 Å². The lowest BCUT2D eigenvalue weighted by atomic mass is 10.2. The molecule has 3 aromatic carbocycles. The van der Waals surface area contributed by atoms with Crippen molar-refractivity contribution in [3.63, 3.8) is 0 Å². The number of halogens is 4. The Bertz CT molecular complexity index is 1450. The van der Waals surface area contributed by atoms with Crippen molar-refractivity contribution < 1.29 is 19.1 Å². The van der Waals surface area contributed by atoms with Crippen molar-refractivity contribution in [2.75, 3.05) is 23.9 Å². The Kier molecular flexibility index (Phi) is 9.05. The van der Waals surface area contributed by atoms with Crippen molar-refractivity contribution >= 4 is 108 Å². The average molecular weight is 659 g/mol. The van der Waals surface area contributed by atoms with Gasteiger partial charge in [-0.05, 0) is 76.1 Å². The summed E-state index contributed by atoms with van der Waals surface area (Å²) in [5, 5.41) is 3.91. The van der Waals surface area contributed by atoms with Crippen molar-refractivity contribution in [3.05, 3.63) is 84.6 Å². The molecule has 1 aliphatic rings. The quantitative estimate of drug-likeness (QED) is 0.206. The Hall–Kier alpha value is -2.27. The van der Waals surface area contributed by atoms with E-state index < -0.39 is 0 Å². The van der Waals surface area contributed by atoms with Crippen LogP contribution in [-0.4, -0.2) is 29.9 Å². The molecular weight excluding hydrogens is 643 g/mol. The number of methoxy groups -OCH3 is 1. The van der Waals surface area contributed by atoms with E-state index in [1.54, 1.807) is 60.7 Å². The van der Waals surface area contributed by atoms with Crippen LogP contribution >= 0.6 is 74.7 Å². The average Bonchev–Trinajstić information content (AvgIpc) is 3.14. The number of nitrogens with one attached hydrogen (secondary N) is 1. The number of rotatable bonds is 7. The highest BCUT2D eigenvalue weighted by Crippen LogP contribution is 2.39. The highest BCUT2D eigenvalue weighted by molar-refractivity contribution is 9.10. The van der Waals surface area contributed by atoms with Crippen LogP contribution in [0, 0.1) is 0 Å². The molecule has 3 aromatic rings. The molecule has 0 aromatic heterocycles. The standard InChI is InChI=1S/C25H16BrCl3N2O4S2/c1-34-21-8-13(2-7-20(21)35-12-23(32)30-14-3-5-16(26)18(28)10-14)9-22-24(33)31(25(36)37-22)15-4-6-17(27)19(29)11-15/h2-11H,12H2,1H3,(H,30,32)/b22-9-. The second-order valence-corrected chi connectivity index (χ2v) is 11.2. The van der Waals surface area contributed by atoms with E-state index in [1.165, 1.54) is 23.8 Å². The van der Waals surface area contributed by atoms with Crippen LogP contribution < -0.4 is 19.7 Å². The van der Waals surface area contributed by atoms with Crippen molar-refractivity contribution in [2.24, 2.45) is 0 Å². The second kappa shape index (κ2) is 12.1. The fraction of sp³-hybridized carbons (Fsp3) is 0.0800. The SMILES string of the molecule is COc1cc(/C=C2\SC(=S)N(c3ccc(Cl)c(Cl)c3)C2=O)ccc1OCC(=O)Nc1ccc(Br)c(Cl)c1. The van der Waals surface area contributed by atoms with E-state index >= 15 is 0 Å². The summed E-state index contributed by atoms with van der Waals surface area (Å²) in [5.41, 5.74) is 1.76. The lowest BCUT2D eigenvalue weighted by molar-refractivity contribution is -0.118. The number of carbonyl (C=O) groups excluding carboxylic acids is 2. The Morgan fingerprint density at radius 2 is 1.84 bits per heavy atom. The monoisotopic (exact) mass is 656 g/mol. The van der Waals surface area contributed by atoms with Crippen LogP contribution in [0.3, 0.4) is 0 Å². The Labute approximate surface area is 246 Å². The van der Waals surface area contributed by atoms with Crippen LogP contribution in [0.2, 0.25) is 15.1 Å². The molecule has 1 saturated heterocycles. The van der Waals surface area contributed by atoms with Crippen molar-refractivity contribution in [1.29, 1.82) is 0 Å². The first-order chi connectivity index (χ1) is 17.7. The summed E-state index contributed by atoms with van der Waals surface area (Å²) >= 11 is 28.0. The Morgan fingerprint density at radius 3 is 2.54 bits per heavy atom. The van der Waals surface area contributed by atoms with Gasteiger partial charge < -0.3 is 14.8 Å². The lowest BCUT2D eigenvalue weighted by Crippen LogP contribution is -2.27. The molecule has 2 amide bonds. The zero-order valence-corrected chi connectivity index (χ0v) is 24.4. The first-order valence-electron chi connectivity index (χ1n) is 10.4. The van der Waals surface area contributed by atoms with Gasteiger partial charge in [-0.15, -0.1) is 0 Å². The molecule has 0 spiro atoms. The maximum Gasteiger partial charge on any atom is 0.270 e. The molecule has 6 nitrogen and oxygen atoms in total. The third-order valence-electron chi connectivity index (χ3n) is 5.00. The molecule has 0 unspecified atom stereocenters. The molecule has 0 atom stereocenters. The largest absolute Gasteiger partial charge is 0.493 e. The van der Waals surface area contributed by atoms with Gasteiger partial charge in [0.2, 0.25) is 0 Å². The van der Waals surface area contributed by atoms with Gasteiger partial charge in [0, 0.05) is 10.2 Å². The van der Waals surface area contributed by atoms with E-state index in [-0.39, 0.29) is 18.4 Å². The Balaban J connectivity index is 1.45. The van der Waals surface area contributed by atoms with Crippen LogP contribution in [0.1, 0.15) is 5.56 Å². The van der Waals surface area contributed by atoms with E-state index in [1.807, 2.05) is 0 Å². The number of hydrogen-bond donors (Lipinski definition) is 1. The molecule has 0 aliphatic carbocycles. The predicted octanol–water partition coefficient (Wildman–Crippen LogP) is 7.84. The molecule has 1 N–H and O–H groups in total. The van der Waals surface area contributed by atoms with Crippen LogP contribution in [0.5, 0.6) is 11.5 Å². The topological polar surface area (TPSA) is 67.9 Å². The van der Waals surface area contributed by atoms with E-state index in [9.17, 15) is 9.59 Å². The molecule has 0 saturated carbocycles. The van der Waals surface area contributed by atoms with Gasteiger partial charge >= 0.3 is 0 Å². The van der Waals surface area contributed by atoms with Gasteiger partial charge in [-0.1, -0.05) is 64.8 Å². The van der Waals surface area contributed by atoms with E-state index in [2.05, 4.69) is 21.2 Å². The van der Waals surface area contributed by atoms with Gasteiger partial charge in [0.05, 0.1) is 32.8 Å². The van der Waals surface area contributed by atoms with E-state index in [0.29, 0.717) is 52.7 Å². The van der Waals surface area contributed by atoms with Gasteiger partial charge in [0.1, 0.15) is 0 Å². The molecule has 37 heavy (non-hydrogen) atoms. The van der Waals surface area contributed by atoms with Gasteiger partial charge in [0.25, 0.3) is 11.8 Å². The summed E-state index contributed by atoms with van der Waals surface area (Å²) < 4.78 is 12.2. The Morgan fingerprint density at radius 1 is 1.05 bits per heavy atom. The number of benzene rings is 3. The third-order valence-corrected chi connectivity index (χ3v) is 8.28. The molecule has 0 radical (unpaired) electrons. The normalized spacial score (nSPS) is 14.3. The summed E-state index contributed by atoms with van der Waals surface area (Å²) in [6.45, 7) is -0.244. The van der Waals surface area contributed by atoms with Crippen molar-refractivity contribution in [3.8, 4) is 11.5 Å². The minimum Gasteiger partial charge on any atom is -0.493 e.